The normalized spacial score (nSPS) is 12.1. The smallest absolute Gasteiger partial charge is 0.176 e. The van der Waals surface area contributed by atoms with E-state index in [2.05, 4.69) is 18.1 Å². The topological polar surface area (TPSA) is 17.8 Å². The molecule has 0 fully saturated rings. The molecule has 0 aliphatic carbocycles. The Kier molecular flexibility index (Phi) is 0.891. The van der Waals surface area contributed by atoms with E-state index in [0.717, 1.165) is 0 Å². The van der Waals surface area contributed by atoms with Gasteiger partial charge in [-0.3, -0.25) is 0 Å². The molecule has 2 aliphatic heterocycles. The lowest BCUT2D eigenvalue weighted by molar-refractivity contribution is 0.754. The third-order valence-corrected chi connectivity index (χ3v) is 1.73. The third-order valence-electron chi connectivity index (χ3n) is 1.73. The van der Waals surface area contributed by atoms with Gasteiger partial charge >= 0.3 is 0 Å². The number of aromatic nitrogens is 2. The van der Waals surface area contributed by atoms with Crippen LogP contribution in [0.4, 0.5) is 0 Å². The molecule has 2 nitrogen and oxygen atoms in total. The van der Waals surface area contributed by atoms with Crippen LogP contribution in [-0.2, 0) is 6.42 Å². The highest BCUT2D eigenvalue weighted by molar-refractivity contribution is 5.39. The fraction of sp³-hybridized carbons (Fsp3) is 0.571. The average molecular weight is 122 g/mol. The molecule has 0 atom stereocenters. The maximum absolute atomic E-state index is 4.06. The van der Waals surface area contributed by atoms with Crippen LogP contribution in [0.15, 0.2) is 6.07 Å². The number of aryl methyl sites for hydroxylation is 1. The lowest BCUT2D eigenvalue weighted by atomic mass is 10.2. The summed E-state index contributed by atoms with van der Waals surface area (Å²) in [6.45, 7) is 2.21. The summed E-state index contributed by atoms with van der Waals surface area (Å²) in [5.74, 6) is 1.18. The Bertz CT molecular complexity index is 225. The van der Waals surface area contributed by atoms with Crippen LogP contribution in [0, 0.1) is 0 Å². The van der Waals surface area contributed by atoms with Crippen molar-refractivity contribution in [3.8, 4) is 5.82 Å². The molecule has 0 aromatic heterocycles. The molecule has 0 unspecified atom stereocenters. The van der Waals surface area contributed by atoms with Crippen molar-refractivity contribution in [1.82, 2.24) is 9.78 Å². The first kappa shape index (κ1) is 5.03. The van der Waals surface area contributed by atoms with Crippen molar-refractivity contribution in [3.05, 3.63) is 11.8 Å². The van der Waals surface area contributed by atoms with E-state index in [-0.39, 0.29) is 0 Å². The van der Waals surface area contributed by atoms with Gasteiger partial charge in [-0.15, -0.1) is 5.10 Å². The van der Waals surface area contributed by atoms with Gasteiger partial charge in [0.05, 0.1) is 0 Å². The van der Waals surface area contributed by atoms with Crippen molar-refractivity contribution >= 4 is 0 Å². The molecule has 0 saturated carbocycles. The van der Waals surface area contributed by atoms with Crippen LogP contribution in [-0.4, -0.2) is 9.78 Å². The zero-order valence-corrected chi connectivity index (χ0v) is 5.59. The van der Waals surface area contributed by atoms with Gasteiger partial charge in [-0.05, 0) is 12.8 Å². The minimum Gasteiger partial charge on any atom is -0.215 e. The van der Waals surface area contributed by atoms with Crippen LogP contribution in [0.5, 0.6) is 0 Å². The van der Waals surface area contributed by atoms with Gasteiger partial charge in [0.2, 0.25) is 0 Å². The molecule has 48 valence electrons. The van der Waals surface area contributed by atoms with Crippen LogP contribution < -0.4 is 0 Å². The van der Waals surface area contributed by atoms with Gasteiger partial charge in [0, 0.05) is 11.8 Å². The highest BCUT2D eigenvalue weighted by Gasteiger charge is 2.21. The van der Waals surface area contributed by atoms with Crippen molar-refractivity contribution in [3.63, 3.8) is 0 Å². The summed E-state index contributed by atoms with van der Waals surface area (Å²) in [6, 6.07) is 2.16. The molecule has 0 saturated heterocycles. The minimum atomic E-state index is 1.18. The zero-order chi connectivity index (χ0) is 6.27. The molecule has 0 aromatic rings. The molecular formula is C7H10N2. The van der Waals surface area contributed by atoms with E-state index in [1.54, 1.807) is 0 Å². The number of rotatable bonds is 3. The summed E-state index contributed by atoms with van der Waals surface area (Å²) in [4.78, 5) is 0. The lowest BCUT2D eigenvalue weighted by Crippen LogP contribution is -1.95. The number of fused-ring (bicyclic) bond motifs is 1. The van der Waals surface area contributed by atoms with E-state index in [4.69, 9.17) is 0 Å². The molecular weight excluding hydrogens is 112 g/mol. The van der Waals surface area contributed by atoms with Crippen molar-refractivity contribution in [2.75, 3.05) is 0 Å². The molecule has 0 N–H and O–H groups in total. The Morgan fingerprint density at radius 3 is 3.00 bits per heavy atom. The van der Waals surface area contributed by atoms with E-state index in [9.17, 15) is 0 Å². The molecule has 9 heavy (non-hydrogen) atoms. The average Bonchev–Trinajstić information content (AvgIpc) is 2.44. The second-order valence-corrected chi connectivity index (χ2v) is 2.51. The van der Waals surface area contributed by atoms with Gasteiger partial charge in [0.15, 0.2) is 5.82 Å². The fourth-order valence-electron chi connectivity index (χ4n) is 1.06. The van der Waals surface area contributed by atoms with E-state index < -0.39 is 0 Å². The molecule has 0 bridgehead atoms. The molecule has 2 aliphatic rings. The molecule has 0 aromatic carbocycles. The monoisotopic (exact) mass is 122 g/mol. The van der Waals surface area contributed by atoms with E-state index in [1.807, 2.05) is 4.68 Å². The number of unbranched alkanes of at least 4 members (excludes halogenated alkanes) is 1. The largest absolute Gasteiger partial charge is 0.215 e. The van der Waals surface area contributed by atoms with E-state index in [1.165, 1.54) is 30.8 Å². The Morgan fingerprint density at radius 2 is 2.56 bits per heavy atom. The molecule has 0 spiro atoms. The summed E-state index contributed by atoms with van der Waals surface area (Å²) in [5.41, 5.74) is 1.41. The maximum atomic E-state index is 4.06. The molecule has 2 heteroatoms. The number of nitrogens with zero attached hydrogens (tertiary/aromatic N) is 2. The fourth-order valence-corrected chi connectivity index (χ4v) is 1.06. The number of hydrogen-bond acceptors (Lipinski definition) is 1. The van der Waals surface area contributed by atoms with Crippen molar-refractivity contribution in [1.29, 1.82) is 0 Å². The highest BCUT2D eigenvalue weighted by atomic mass is 15.5. The quantitative estimate of drug-likeness (QED) is 0.603. The lowest BCUT2D eigenvalue weighted by Gasteiger charge is -2.00. The summed E-state index contributed by atoms with van der Waals surface area (Å²) >= 11 is 0. The Hall–Kier alpha value is -0.790. The van der Waals surface area contributed by atoms with Gasteiger partial charge in [-0.1, -0.05) is 13.3 Å². The van der Waals surface area contributed by atoms with Crippen LogP contribution in [0.1, 0.15) is 25.5 Å². The first-order chi connectivity index (χ1) is 4.42. The van der Waals surface area contributed by atoms with Crippen LogP contribution in [0.2, 0.25) is 0 Å². The Morgan fingerprint density at radius 1 is 1.67 bits per heavy atom. The van der Waals surface area contributed by atoms with Crippen LogP contribution >= 0.6 is 0 Å². The predicted octanol–water partition coefficient (Wildman–Crippen LogP) is 1.53. The van der Waals surface area contributed by atoms with E-state index >= 15 is 0 Å². The third kappa shape index (κ3) is 0.661. The summed E-state index contributed by atoms with van der Waals surface area (Å²) in [5, 5.41) is 4.06. The van der Waals surface area contributed by atoms with Crippen LogP contribution in [0.3, 0.4) is 0 Å². The number of hydrogen-bond donors (Lipinski definition) is 0. The SMILES string of the molecule is CCCCc1cc2nn1-2. The van der Waals surface area contributed by atoms with Crippen LogP contribution in [0.25, 0.3) is 5.82 Å². The highest BCUT2D eigenvalue weighted by Crippen LogP contribution is 2.24. The first-order valence-corrected chi connectivity index (χ1v) is 3.51. The molecule has 2 heterocycles. The van der Waals surface area contributed by atoms with Gasteiger partial charge in [-0.25, -0.2) is 4.68 Å². The van der Waals surface area contributed by atoms with Gasteiger partial charge in [0.25, 0.3) is 0 Å². The van der Waals surface area contributed by atoms with Crippen molar-refractivity contribution in [2.24, 2.45) is 0 Å². The first-order valence-electron chi connectivity index (χ1n) is 3.51. The Labute approximate surface area is 54.5 Å². The second kappa shape index (κ2) is 1.59. The predicted molar refractivity (Wildman–Crippen MR) is 35.7 cm³/mol. The van der Waals surface area contributed by atoms with Gasteiger partial charge in [-0.2, -0.15) is 0 Å². The minimum absolute atomic E-state index is 1.18. The second-order valence-electron chi connectivity index (χ2n) is 2.51. The van der Waals surface area contributed by atoms with Crippen molar-refractivity contribution < 1.29 is 0 Å². The summed E-state index contributed by atoms with van der Waals surface area (Å²) in [6.07, 6.45) is 3.79. The Balaban J connectivity index is 1.90. The maximum Gasteiger partial charge on any atom is 0.176 e. The van der Waals surface area contributed by atoms with Gasteiger partial charge < -0.3 is 0 Å². The van der Waals surface area contributed by atoms with Crippen molar-refractivity contribution in [2.45, 2.75) is 26.2 Å². The standard InChI is InChI=1S/C7H10N2/c1-2-3-4-6-5-7-8-9(6)7/h5H,2-4H2,1H3. The summed E-state index contributed by atoms with van der Waals surface area (Å²) in [7, 11) is 0. The van der Waals surface area contributed by atoms with E-state index in [0.29, 0.717) is 0 Å². The zero-order valence-electron chi connectivity index (χ0n) is 5.59. The molecule has 2 rings (SSSR count). The van der Waals surface area contributed by atoms with Gasteiger partial charge in [0.1, 0.15) is 0 Å². The molecule has 0 radical (unpaired) electrons. The summed E-state index contributed by atoms with van der Waals surface area (Å²) < 4.78 is 2.02. The molecule has 0 amide bonds.